The van der Waals surface area contributed by atoms with Gasteiger partial charge in [0, 0.05) is 12.6 Å². The number of ether oxygens (including phenoxy) is 1. The molecule has 0 aliphatic rings. The van der Waals surface area contributed by atoms with E-state index in [1.807, 2.05) is 0 Å². The third kappa shape index (κ3) is 4.55. The number of hydrogen-bond acceptors (Lipinski definition) is 2. The van der Waals surface area contributed by atoms with Gasteiger partial charge >= 0.3 is 0 Å². The monoisotopic (exact) mass is 295 g/mol. The molecule has 0 amide bonds. The van der Waals surface area contributed by atoms with Gasteiger partial charge in [-0.2, -0.15) is 0 Å². The molecule has 1 unspecified atom stereocenters. The molecule has 2 nitrogen and oxygen atoms in total. The van der Waals surface area contributed by atoms with Crippen LogP contribution >= 0.6 is 34.8 Å². The van der Waals surface area contributed by atoms with E-state index < -0.39 is 0 Å². The van der Waals surface area contributed by atoms with Crippen molar-refractivity contribution >= 4 is 34.8 Å². The first-order valence-electron chi connectivity index (χ1n) is 5.60. The Morgan fingerprint density at radius 3 is 2.35 bits per heavy atom. The maximum Gasteiger partial charge on any atom is 0.139 e. The molecular weight excluding hydrogens is 280 g/mol. The van der Waals surface area contributed by atoms with E-state index in [0.717, 1.165) is 19.5 Å². The number of hydrogen-bond donors (Lipinski definition) is 1. The zero-order valence-electron chi connectivity index (χ0n) is 9.90. The van der Waals surface area contributed by atoms with Gasteiger partial charge in [-0.15, -0.1) is 0 Å². The molecule has 0 aliphatic heterocycles. The fourth-order valence-corrected chi connectivity index (χ4v) is 1.93. The van der Waals surface area contributed by atoms with Crippen molar-refractivity contribution in [1.29, 1.82) is 0 Å². The molecule has 1 rings (SSSR count). The molecule has 0 heterocycles. The Hall–Kier alpha value is -0.150. The second-order valence-electron chi connectivity index (χ2n) is 3.65. The predicted molar refractivity (Wildman–Crippen MR) is 74.7 cm³/mol. The largest absolute Gasteiger partial charge is 0.487 e. The van der Waals surface area contributed by atoms with Gasteiger partial charge in [-0.25, -0.2) is 0 Å². The molecule has 1 atom stereocenters. The van der Waals surface area contributed by atoms with Crippen molar-refractivity contribution in [2.45, 2.75) is 26.4 Å². The van der Waals surface area contributed by atoms with Crippen molar-refractivity contribution in [2.75, 3.05) is 13.1 Å². The first kappa shape index (κ1) is 14.9. The normalized spacial score (nSPS) is 12.5. The first-order valence-corrected chi connectivity index (χ1v) is 6.73. The lowest BCUT2D eigenvalue weighted by molar-refractivity contribution is 0.194. The zero-order chi connectivity index (χ0) is 12.8. The molecule has 1 aromatic rings. The van der Waals surface area contributed by atoms with Crippen LogP contribution in [0.4, 0.5) is 0 Å². The van der Waals surface area contributed by atoms with Crippen LogP contribution in [0, 0.1) is 0 Å². The summed E-state index contributed by atoms with van der Waals surface area (Å²) in [6.45, 7) is 5.81. The Bertz CT molecular complexity index is 371. The third-order valence-corrected chi connectivity index (χ3v) is 3.36. The number of benzene rings is 1. The van der Waals surface area contributed by atoms with E-state index in [1.54, 1.807) is 12.1 Å². The summed E-state index contributed by atoms with van der Waals surface area (Å²) in [5.41, 5.74) is 0. The van der Waals surface area contributed by atoms with Crippen LogP contribution in [0.3, 0.4) is 0 Å². The minimum atomic E-state index is 0.0738. The first-order chi connectivity index (χ1) is 8.08. The Balaban J connectivity index is 2.75. The van der Waals surface area contributed by atoms with Gasteiger partial charge < -0.3 is 10.1 Å². The lowest BCUT2D eigenvalue weighted by Crippen LogP contribution is -2.30. The van der Waals surface area contributed by atoms with Gasteiger partial charge in [0.05, 0.1) is 15.1 Å². The Labute approximate surface area is 117 Å². The van der Waals surface area contributed by atoms with Crippen LogP contribution in [0.1, 0.15) is 20.3 Å². The van der Waals surface area contributed by atoms with E-state index in [1.165, 1.54) is 0 Å². The van der Waals surface area contributed by atoms with Gasteiger partial charge in [0.1, 0.15) is 11.9 Å². The summed E-state index contributed by atoms with van der Waals surface area (Å²) in [5.74, 6) is 0.575. The number of halogens is 3. The van der Waals surface area contributed by atoms with E-state index >= 15 is 0 Å². The fourth-order valence-electron chi connectivity index (χ4n) is 1.35. The van der Waals surface area contributed by atoms with Crippen LogP contribution in [-0.4, -0.2) is 19.2 Å². The number of nitrogens with one attached hydrogen (secondary N) is 1. The smallest absolute Gasteiger partial charge is 0.139 e. The quantitative estimate of drug-likeness (QED) is 0.785. The zero-order valence-corrected chi connectivity index (χ0v) is 12.2. The molecule has 0 saturated carbocycles. The summed E-state index contributed by atoms with van der Waals surface area (Å²) in [6.07, 6.45) is 0.966. The third-order valence-electron chi connectivity index (χ3n) is 2.35. The summed E-state index contributed by atoms with van der Waals surface area (Å²) < 4.78 is 5.79. The molecule has 0 radical (unpaired) electrons. The van der Waals surface area contributed by atoms with E-state index in [2.05, 4.69) is 19.2 Å². The number of likely N-dealkylation sites (N-methyl/N-ethyl adjacent to an activating group) is 1. The van der Waals surface area contributed by atoms with Gasteiger partial charge in [-0.3, -0.25) is 0 Å². The van der Waals surface area contributed by atoms with Gasteiger partial charge in [-0.1, -0.05) is 48.7 Å². The molecule has 0 spiro atoms. The minimum Gasteiger partial charge on any atom is -0.487 e. The minimum absolute atomic E-state index is 0.0738. The van der Waals surface area contributed by atoms with Crippen molar-refractivity contribution in [3.8, 4) is 5.75 Å². The lowest BCUT2D eigenvalue weighted by atomic mass is 10.2. The van der Waals surface area contributed by atoms with Crippen LogP contribution < -0.4 is 10.1 Å². The molecule has 1 N–H and O–H groups in total. The van der Waals surface area contributed by atoms with Crippen molar-refractivity contribution in [1.82, 2.24) is 5.32 Å². The molecule has 96 valence electrons. The molecule has 1 aromatic carbocycles. The predicted octanol–water partition coefficient (Wildman–Crippen LogP) is 4.41. The van der Waals surface area contributed by atoms with Gasteiger partial charge in [0.15, 0.2) is 0 Å². The van der Waals surface area contributed by atoms with Crippen molar-refractivity contribution in [3.63, 3.8) is 0 Å². The summed E-state index contributed by atoms with van der Waals surface area (Å²) in [6, 6.07) is 3.25. The molecule has 0 aromatic heterocycles. The average molecular weight is 297 g/mol. The maximum absolute atomic E-state index is 6.05. The highest BCUT2D eigenvalue weighted by Gasteiger charge is 2.12. The second-order valence-corrected chi connectivity index (χ2v) is 4.87. The molecular formula is C12H16Cl3NO. The van der Waals surface area contributed by atoms with Crippen LogP contribution in [0.15, 0.2) is 12.1 Å². The topological polar surface area (TPSA) is 21.3 Å². The average Bonchev–Trinajstić information content (AvgIpc) is 2.30. The van der Waals surface area contributed by atoms with E-state index in [0.29, 0.717) is 20.8 Å². The summed E-state index contributed by atoms with van der Waals surface area (Å²) in [7, 11) is 0. The highest BCUT2D eigenvalue weighted by Crippen LogP contribution is 2.34. The SMILES string of the molecule is CCNCC(CC)Oc1cc(Cl)c(Cl)cc1Cl. The van der Waals surface area contributed by atoms with Crippen LogP contribution in [0.5, 0.6) is 5.75 Å². The van der Waals surface area contributed by atoms with Crippen molar-refractivity contribution < 1.29 is 4.74 Å². The molecule has 5 heteroatoms. The van der Waals surface area contributed by atoms with Crippen LogP contribution in [0.25, 0.3) is 0 Å². The highest BCUT2D eigenvalue weighted by molar-refractivity contribution is 6.43. The Kier molecular flexibility index (Phi) is 6.42. The van der Waals surface area contributed by atoms with Crippen molar-refractivity contribution in [2.24, 2.45) is 0 Å². The molecule has 0 bridgehead atoms. The van der Waals surface area contributed by atoms with E-state index in [9.17, 15) is 0 Å². The van der Waals surface area contributed by atoms with Crippen molar-refractivity contribution in [3.05, 3.63) is 27.2 Å². The Morgan fingerprint density at radius 1 is 1.12 bits per heavy atom. The fraction of sp³-hybridized carbons (Fsp3) is 0.500. The van der Waals surface area contributed by atoms with Gasteiger partial charge in [0.25, 0.3) is 0 Å². The molecule has 0 fully saturated rings. The Morgan fingerprint density at radius 2 is 1.76 bits per heavy atom. The summed E-state index contributed by atoms with van der Waals surface area (Å²) >= 11 is 17.8. The lowest BCUT2D eigenvalue weighted by Gasteiger charge is -2.19. The van der Waals surface area contributed by atoms with Gasteiger partial charge in [-0.05, 0) is 19.0 Å². The van der Waals surface area contributed by atoms with E-state index in [-0.39, 0.29) is 6.10 Å². The number of rotatable bonds is 6. The second kappa shape index (κ2) is 7.32. The standard InChI is InChI=1S/C12H16Cl3NO/c1-3-8(7-16-4-2)17-12-6-10(14)9(13)5-11(12)15/h5-6,8,16H,3-4,7H2,1-2H3. The highest BCUT2D eigenvalue weighted by atomic mass is 35.5. The van der Waals surface area contributed by atoms with Crippen LogP contribution in [-0.2, 0) is 0 Å². The van der Waals surface area contributed by atoms with E-state index in [4.69, 9.17) is 39.5 Å². The molecule has 0 saturated heterocycles. The summed E-state index contributed by atoms with van der Waals surface area (Å²) in [5, 5.41) is 4.60. The molecule has 17 heavy (non-hydrogen) atoms. The van der Waals surface area contributed by atoms with Gasteiger partial charge in [0.2, 0.25) is 0 Å². The molecule has 0 aliphatic carbocycles. The summed E-state index contributed by atoms with van der Waals surface area (Å²) in [4.78, 5) is 0. The maximum atomic E-state index is 6.05. The van der Waals surface area contributed by atoms with Crippen LogP contribution in [0.2, 0.25) is 15.1 Å².